The molecule has 1 aliphatic carbocycles. The van der Waals surface area contributed by atoms with E-state index in [0.717, 1.165) is 16.9 Å². The van der Waals surface area contributed by atoms with Crippen molar-refractivity contribution in [3.63, 3.8) is 0 Å². The van der Waals surface area contributed by atoms with Gasteiger partial charge in [0.15, 0.2) is 0 Å². The van der Waals surface area contributed by atoms with Gasteiger partial charge in [0.1, 0.15) is 11.3 Å². The topological polar surface area (TPSA) is 17.8 Å². The molecule has 0 radical (unpaired) electrons. The van der Waals surface area contributed by atoms with Gasteiger partial charge in [-0.25, -0.2) is 4.98 Å². The molecule has 0 saturated heterocycles. The summed E-state index contributed by atoms with van der Waals surface area (Å²) in [5.41, 5.74) is 2.00. The normalized spacial score (nSPS) is 25.1. The molecule has 2 aromatic rings. The standard InChI is InChI=1S/C15H18Cl2N2/c1-9-5-3-7-12(9)19-13-8-4-6-11(17)14(13)18-15(19)10(2)16/h4,6,8-10,12H,3,5,7H2,1-2H3. The highest BCUT2D eigenvalue weighted by Crippen LogP contribution is 2.40. The average molecular weight is 297 g/mol. The summed E-state index contributed by atoms with van der Waals surface area (Å²) in [7, 11) is 0. The van der Waals surface area contributed by atoms with E-state index in [4.69, 9.17) is 23.2 Å². The molecule has 1 aliphatic rings. The van der Waals surface area contributed by atoms with Crippen molar-refractivity contribution in [1.29, 1.82) is 0 Å². The number of benzene rings is 1. The van der Waals surface area contributed by atoms with E-state index < -0.39 is 0 Å². The summed E-state index contributed by atoms with van der Waals surface area (Å²) in [6.45, 7) is 4.30. The number of fused-ring (bicyclic) bond motifs is 1. The number of hydrogen-bond acceptors (Lipinski definition) is 1. The number of imidazole rings is 1. The molecule has 2 nitrogen and oxygen atoms in total. The van der Waals surface area contributed by atoms with Crippen LogP contribution in [0.2, 0.25) is 5.02 Å². The van der Waals surface area contributed by atoms with E-state index in [2.05, 4.69) is 22.5 Å². The van der Waals surface area contributed by atoms with E-state index in [-0.39, 0.29) is 5.38 Å². The molecule has 0 bridgehead atoms. The van der Waals surface area contributed by atoms with Crippen LogP contribution in [0.15, 0.2) is 18.2 Å². The number of hydrogen-bond donors (Lipinski definition) is 0. The quantitative estimate of drug-likeness (QED) is 0.683. The van der Waals surface area contributed by atoms with Crippen LogP contribution in [0.5, 0.6) is 0 Å². The molecule has 3 unspecified atom stereocenters. The van der Waals surface area contributed by atoms with Crippen LogP contribution in [0.1, 0.15) is 50.4 Å². The van der Waals surface area contributed by atoms with E-state index in [9.17, 15) is 0 Å². The molecule has 19 heavy (non-hydrogen) atoms. The third kappa shape index (κ3) is 2.15. The molecular weight excluding hydrogens is 279 g/mol. The van der Waals surface area contributed by atoms with Gasteiger partial charge in [0.2, 0.25) is 0 Å². The average Bonchev–Trinajstić information content (AvgIpc) is 2.93. The molecule has 1 fully saturated rings. The van der Waals surface area contributed by atoms with E-state index >= 15 is 0 Å². The van der Waals surface area contributed by atoms with Crippen molar-refractivity contribution in [3.05, 3.63) is 29.0 Å². The predicted molar refractivity (Wildman–Crippen MR) is 81.1 cm³/mol. The first-order valence-electron chi connectivity index (χ1n) is 6.90. The lowest BCUT2D eigenvalue weighted by Gasteiger charge is -2.21. The van der Waals surface area contributed by atoms with Crippen molar-refractivity contribution in [2.75, 3.05) is 0 Å². The van der Waals surface area contributed by atoms with Gasteiger partial charge in [-0.1, -0.05) is 31.0 Å². The van der Waals surface area contributed by atoms with Gasteiger partial charge < -0.3 is 4.57 Å². The SMILES string of the molecule is CC(Cl)c1nc2c(Cl)cccc2n1C1CCCC1C. The molecule has 1 aromatic heterocycles. The van der Waals surface area contributed by atoms with E-state index in [1.807, 2.05) is 19.1 Å². The van der Waals surface area contributed by atoms with Gasteiger partial charge in [0, 0.05) is 6.04 Å². The summed E-state index contributed by atoms with van der Waals surface area (Å²) in [6, 6.07) is 6.48. The van der Waals surface area contributed by atoms with E-state index in [0.29, 0.717) is 17.0 Å². The highest BCUT2D eigenvalue weighted by molar-refractivity contribution is 6.35. The highest BCUT2D eigenvalue weighted by atomic mass is 35.5. The fourth-order valence-corrected chi connectivity index (χ4v) is 3.61. The second-order valence-electron chi connectivity index (χ2n) is 5.54. The van der Waals surface area contributed by atoms with Gasteiger partial charge >= 0.3 is 0 Å². The lowest BCUT2D eigenvalue weighted by molar-refractivity contribution is 0.405. The molecule has 102 valence electrons. The maximum atomic E-state index is 6.33. The maximum Gasteiger partial charge on any atom is 0.128 e. The maximum absolute atomic E-state index is 6.33. The number of halogens is 2. The molecule has 0 spiro atoms. The van der Waals surface area contributed by atoms with E-state index in [1.54, 1.807) is 0 Å². The summed E-state index contributed by atoms with van der Waals surface area (Å²) in [5, 5.41) is 0.608. The molecular formula is C15H18Cl2N2. The largest absolute Gasteiger partial charge is 0.323 e. The fourth-order valence-electron chi connectivity index (χ4n) is 3.24. The zero-order valence-corrected chi connectivity index (χ0v) is 12.7. The van der Waals surface area contributed by atoms with Crippen LogP contribution in [0.3, 0.4) is 0 Å². The Balaban J connectivity index is 2.25. The van der Waals surface area contributed by atoms with Crippen LogP contribution in [0.4, 0.5) is 0 Å². The Hall–Kier alpha value is -0.730. The second-order valence-corrected chi connectivity index (χ2v) is 6.60. The minimum absolute atomic E-state index is 0.101. The minimum Gasteiger partial charge on any atom is -0.323 e. The van der Waals surface area contributed by atoms with Crippen molar-refractivity contribution in [3.8, 4) is 0 Å². The lowest BCUT2D eigenvalue weighted by atomic mass is 10.1. The van der Waals surface area contributed by atoms with Gasteiger partial charge in [-0.2, -0.15) is 0 Å². The Bertz CT molecular complexity index is 603. The third-order valence-electron chi connectivity index (χ3n) is 4.20. The monoisotopic (exact) mass is 296 g/mol. The number of rotatable bonds is 2. The molecule has 1 heterocycles. The smallest absolute Gasteiger partial charge is 0.128 e. The van der Waals surface area contributed by atoms with Crippen molar-refractivity contribution in [1.82, 2.24) is 9.55 Å². The Labute approximate surface area is 123 Å². The number of aromatic nitrogens is 2. The summed E-state index contributed by atoms with van der Waals surface area (Å²) >= 11 is 12.6. The summed E-state index contributed by atoms with van der Waals surface area (Å²) in [6.07, 6.45) is 3.76. The van der Waals surface area contributed by atoms with Crippen molar-refractivity contribution in [2.45, 2.75) is 44.5 Å². The number of nitrogens with zero attached hydrogens (tertiary/aromatic N) is 2. The van der Waals surface area contributed by atoms with Gasteiger partial charge in [-0.3, -0.25) is 0 Å². The third-order valence-corrected chi connectivity index (χ3v) is 4.70. The summed E-state index contributed by atoms with van der Waals surface area (Å²) in [4.78, 5) is 4.69. The van der Waals surface area contributed by atoms with Gasteiger partial charge in [0.25, 0.3) is 0 Å². The first kappa shape index (κ1) is 13.3. The molecule has 3 rings (SSSR count). The van der Waals surface area contributed by atoms with Crippen LogP contribution < -0.4 is 0 Å². The van der Waals surface area contributed by atoms with Crippen LogP contribution in [0, 0.1) is 5.92 Å². The first-order chi connectivity index (χ1) is 9.09. The number of para-hydroxylation sites is 1. The van der Waals surface area contributed by atoms with Gasteiger partial charge in [0.05, 0.1) is 15.9 Å². The molecule has 0 aliphatic heterocycles. The summed E-state index contributed by atoms with van der Waals surface area (Å²) < 4.78 is 2.33. The Morgan fingerprint density at radius 1 is 1.37 bits per heavy atom. The highest BCUT2D eigenvalue weighted by Gasteiger charge is 2.29. The lowest BCUT2D eigenvalue weighted by Crippen LogP contribution is -2.15. The predicted octanol–water partition coefficient (Wildman–Crippen LogP) is 5.35. The molecule has 0 N–H and O–H groups in total. The van der Waals surface area contributed by atoms with Crippen LogP contribution in [-0.4, -0.2) is 9.55 Å². The Morgan fingerprint density at radius 3 is 2.79 bits per heavy atom. The molecule has 1 aromatic carbocycles. The van der Waals surface area contributed by atoms with Crippen LogP contribution in [0.25, 0.3) is 11.0 Å². The van der Waals surface area contributed by atoms with Crippen molar-refractivity contribution < 1.29 is 0 Å². The number of alkyl halides is 1. The minimum atomic E-state index is -0.101. The van der Waals surface area contributed by atoms with Crippen LogP contribution >= 0.6 is 23.2 Å². The van der Waals surface area contributed by atoms with Crippen LogP contribution in [-0.2, 0) is 0 Å². The molecule has 4 heteroatoms. The molecule has 3 atom stereocenters. The van der Waals surface area contributed by atoms with E-state index in [1.165, 1.54) is 19.3 Å². The zero-order chi connectivity index (χ0) is 13.6. The van der Waals surface area contributed by atoms with Crippen molar-refractivity contribution in [2.24, 2.45) is 5.92 Å². The Kier molecular flexibility index (Phi) is 3.48. The fraction of sp³-hybridized carbons (Fsp3) is 0.533. The van der Waals surface area contributed by atoms with Gasteiger partial charge in [-0.05, 0) is 37.8 Å². The molecule has 1 saturated carbocycles. The second kappa shape index (κ2) is 4.99. The first-order valence-corrected chi connectivity index (χ1v) is 7.71. The Morgan fingerprint density at radius 2 is 2.16 bits per heavy atom. The van der Waals surface area contributed by atoms with Gasteiger partial charge in [-0.15, -0.1) is 11.6 Å². The molecule has 0 amide bonds. The summed E-state index contributed by atoms with van der Waals surface area (Å²) in [5.74, 6) is 1.62. The zero-order valence-electron chi connectivity index (χ0n) is 11.2. The van der Waals surface area contributed by atoms with Crippen molar-refractivity contribution >= 4 is 34.2 Å².